The number of carbonyl (C=O) groups excluding carboxylic acids is 1. The zero-order valence-electron chi connectivity index (χ0n) is 9.19. The summed E-state index contributed by atoms with van der Waals surface area (Å²) in [6.07, 6.45) is 0. The molecule has 0 radical (unpaired) electrons. The van der Waals surface area contributed by atoms with E-state index in [0.717, 1.165) is 0 Å². The van der Waals surface area contributed by atoms with E-state index in [9.17, 15) is 14.7 Å². The molecule has 5 heteroatoms. The molecule has 2 rings (SSSR count). The fourth-order valence-corrected chi connectivity index (χ4v) is 1.55. The maximum atomic E-state index is 11.6. The van der Waals surface area contributed by atoms with Crippen molar-refractivity contribution in [2.75, 3.05) is 6.61 Å². The highest BCUT2D eigenvalue weighted by Gasteiger charge is 2.12. The van der Waals surface area contributed by atoms with Crippen LogP contribution in [0.25, 0.3) is 10.9 Å². The summed E-state index contributed by atoms with van der Waals surface area (Å²) in [6, 6.07) is 5.91. The predicted molar refractivity (Wildman–Crippen MR) is 62.2 cm³/mol. The van der Waals surface area contributed by atoms with Crippen molar-refractivity contribution in [3.8, 4) is 5.75 Å². The number of nitrogens with one attached hydrogen (secondary N) is 1. The molecule has 2 aromatic rings. The number of benzene rings is 1. The highest BCUT2D eigenvalue weighted by molar-refractivity contribution is 5.93. The second kappa shape index (κ2) is 4.29. The molecule has 0 atom stereocenters. The van der Waals surface area contributed by atoms with Gasteiger partial charge in [-0.3, -0.25) is 4.79 Å². The molecule has 1 heterocycles. The summed E-state index contributed by atoms with van der Waals surface area (Å²) in [6.45, 7) is 1.87. The summed E-state index contributed by atoms with van der Waals surface area (Å²) in [7, 11) is 0. The van der Waals surface area contributed by atoms with E-state index in [4.69, 9.17) is 4.74 Å². The lowest BCUT2D eigenvalue weighted by molar-refractivity contribution is 0.0524. The third-order valence-corrected chi connectivity index (χ3v) is 2.32. The van der Waals surface area contributed by atoms with Gasteiger partial charge in [0.05, 0.1) is 6.61 Å². The Balaban J connectivity index is 2.61. The Morgan fingerprint density at radius 2 is 2.18 bits per heavy atom. The van der Waals surface area contributed by atoms with E-state index in [-0.39, 0.29) is 17.9 Å². The molecule has 0 unspecified atom stereocenters. The Labute approximate surface area is 96.7 Å². The topological polar surface area (TPSA) is 79.4 Å². The number of phenolic OH excluding ortho intramolecular Hbond substituents is 1. The molecule has 17 heavy (non-hydrogen) atoms. The van der Waals surface area contributed by atoms with Crippen molar-refractivity contribution in [3.05, 3.63) is 40.2 Å². The van der Waals surface area contributed by atoms with Gasteiger partial charge in [0.1, 0.15) is 11.3 Å². The van der Waals surface area contributed by atoms with Gasteiger partial charge in [0.15, 0.2) is 0 Å². The van der Waals surface area contributed by atoms with E-state index in [1.165, 1.54) is 18.2 Å². The molecule has 2 N–H and O–H groups in total. The zero-order valence-corrected chi connectivity index (χ0v) is 9.19. The van der Waals surface area contributed by atoms with E-state index in [0.29, 0.717) is 10.9 Å². The normalized spacial score (nSPS) is 10.4. The number of aromatic hydroxyl groups is 1. The van der Waals surface area contributed by atoms with Gasteiger partial charge in [-0.05, 0) is 31.2 Å². The SMILES string of the molecule is CCOC(=O)c1cc2cc(O)ccc2[nH]c1=O. The van der Waals surface area contributed by atoms with Crippen LogP contribution in [-0.4, -0.2) is 22.7 Å². The first-order chi connectivity index (χ1) is 8.11. The number of esters is 1. The van der Waals surface area contributed by atoms with Crippen molar-refractivity contribution in [3.63, 3.8) is 0 Å². The summed E-state index contributed by atoms with van der Waals surface area (Å²) in [4.78, 5) is 25.7. The number of hydrogen-bond acceptors (Lipinski definition) is 4. The van der Waals surface area contributed by atoms with Crippen LogP contribution in [-0.2, 0) is 4.74 Å². The number of phenols is 1. The van der Waals surface area contributed by atoms with Crippen molar-refractivity contribution < 1.29 is 14.6 Å². The summed E-state index contributed by atoms with van der Waals surface area (Å²) in [5, 5.41) is 9.90. The summed E-state index contributed by atoms with van der Waals surface area (Å²) in [5.41, 5.74) is -0.00700. The Bertz CT molecular complexity index is 630. The molecule has 0 spiro atoms. The number of H-pyrrole nitrogens is 1. The Hall–Kier alpha value is -2.30. The van der Waals surface area contributed by atoms with E-state index < -0.39 is 11.5 Å². The van der Waals surface area contributed by atoms with Gasteiger partial charge >= 0.3 is 5.97 Å². The van der Waals surface area contributed by atoms with Crippen LogP contribution in [0, 0.1) is 0 Å². The summed E-state index contributed by atoms with van der Waals surface area (Å²) in [5.74, 6) is -0.599. The molecule has 5 nitrogen and oxygen atoms in total. The van der Waals surface area contributed by atoms with E-state index in [1.54, 1.807) is 13.0 Å². The first-order valence-corrected chi connectivity index (χ1v) is 5.15. The highest BCUT2D eigenvalue weighted by atomic mass is 16.5. The zero-order chi connectivity index (χ0) is 12.4. The average Bonchev–Trinajstić information content (AvgIpc) is 2.29. The number of aromatic nitrogens is 1. The quantitative estimate of drug-likeness (QED) is 0.768. The van der Waals surface area contributed by atoms with Gasteiger partial charge in [-0.25, -0.2) is 4.79 Å². The molecule has 0 amide bonds. The average molecular weight is 233 g/mol. The molecule has 0 saturated heterocycles. The first-order valence-electron chi connectivity index (χ1n) is 5.15. The van der Waals surface area contributed by atoms with Crippen LogP contribution in [0.1, 0.15) is 17.3 Å². The first kappa shape index (κ1) is 11.2. The fraction of sp³-hybridized carbons (Fsp3) is 0.167. The molecule has 1 aromatic carbocycles. The van der Waals surface area contributed by atoms with E-state index in [1.807, 2.05) is 0 Å². The number of carbonyl (C=O) groups is 1. The smallest absolute Gasteiger partial charge is 0.343 e. The standard InChI is InChI=1S/C12H11NO4/c1-2-17-12(16)9-6-7-5-8(14)3-4-10(7)13-11(9)15/h3-6,14H,2H2,1H3,(H,13,15). The van der Waals surface area contributed by atoms with E-state index >= 15 is 0 Å². The van der Waals surface area contributed by atoms with Crippen LogP contribution in [0.3, 0.4) is 0 Å². The maximum absolute atomic E-state index is 11.6. The predicted octanol–water partition coefficient (Wildman–Crippen LogP) is 1.41. The summed E-state index contributed by atoms with van der Waals surface area (Å²) < 4.78 is 4.77. The monoisotopic (exact) mass is 233 g/mol. The van der Waals surface area contributed by atoms with Crippen molar-refractivity contribution >= 4 is 16.9 Å². The van der Waals surface area contributed by atoms with Gasteiger partial charge in [0.2, 0.25) is 0 Å². The van der Waals surface area contributed by atoms with E-state index in [2.05, 4.69) is 4.98 Å². The summed E-state index contributed by atoms with van der Waals surface area (Å²) >= 11 is 0. The Morgan fingerprint density at radius 3 is 2.88 bits per heavy atom. The minimum Gasteiger partial charge on any atom is -0.508 e. The third-order valence-electron chi connectivity index (χ3n) is 2.32. The van der Waals surface area contributed by atoms with Crippen LogP contribution in [0.15, 0.2) is 29.1 Å². The van der Waals surface area contributed by atoms with Crippen molar-refractivity contribution in [2.45, 2.75) is 6.92 Å². The molecule has 0 aliphatic heterocycles. The third kappa shape index (κ3) is 2.13. The van der Waals surface area contributed by atoms with Crippen LogP contribution >= 0.6 is 0 Å². The fourth-order valence-electron chi connectivity index (χ4n) is 1.55. The highest BCUT2D eigenvalue weighted by Crippen LogP contribution is 2.17. The minimum atomic E-state index is -0.668. The largest absolute Gasteiger partial charge is 0.508 e. The lowest BCUT2D eigenvalue weighted by Crippen LogP contribution is -2.19. The van der Waals surface area contributed by atoms with Gasteiger partial charge in [-0.15, -0.1) is 0 Å². The molecular formula is C12H11NO4. The van der Waals surface area contributed by atoms with Gasteiger partial charge in [-0.2, -0.15) is 0 Å². The molecule has 0 bridgehead atoms. The Kier molecular flexibility index (Phi) is 2.82. The maximum Gasteiger partial charge on any atom is 0.343 e. The second-order valence-corrected chi connectivity index (χ2v) is 3.50. The number of hydrogen-bond donors (Lipinski definition) is 2. The molecule has 0 saturated carbocycles. The van der Waals surface area contributed by atoms with Crippen molar-refractivity contribution in [1.82, 2.24) is 4.98 Å². The Morgan fingerprint density at radius 1 is 1.41 bits per heavy atom. The van der Waals surface area contributed by atoms with Crippen molar-refractivity contribution in [1.29, 1.82) is 0 Å². The lowest BCUT2D eigenvalue weighted by atomic mass is 10.1. The van der Waals surface area contributed by atoms with Crippen LogP contribution in [0.5, 0.6) is 5.75 Å². The number of ether oxygens (including phenoxy) is 1. The second-order valence-electron chi connectivity index (χ2n) is 3.50. The minimum absolute atomic E-state index is 0.0649. The molecule has 0 aliphatic carbocycles. The molecule has 0 aliphatic rings. The number of aromatic amines is 1. The number of rotatable bonds is 2. The van der Waals surface area contributed by atoms with Crippen molar-refractivity contribution in [2.24, 2.45) is 0 Å². The van der Waals surface area contributed by atoms with Gasteiger partial charge < -0.3 is 14.8 Å². The molecular weight excluding hydrogens is 222 g/mol. The van der Waals surface area contributed by atoms with Crippen LogP contribution in [0.4, 0.5) is 0 Å². The van der Waals surface area contributed by atoms with Gasteiger partial charge in [-0.1, -0.05) is 0 Å². The lowest BCUT2D eigenvalue weighted by Gasteiger charge is -2.03. The molecule has 0 fully saturated rings. The number of fused-ring (bicyclic) bond motifs is 1. The molecule has 88 valence electrons. The van der Waals surface area contributed by atoms with Crippen LogP contribution in [0.2, 0.25) is 0 Å². The molecule has 1 aromatic heterocycles. The van der Waals surface area contributed by atoms with Gasteiger partial charge in [0.25, 0.3) is 5.56 Å². The van der Waals surface area contributed by atoms with Crippen LogP contribution < -0.4 is 5.56 Å². The van der Waals surface area contributed by atoms with Gasteiger partial charge in [0, 0.05) is 10.9 Å². The number of pyridine rings is 1.